The fraction of sp³-hybridized carbons (Fsp3) is 0.0909. The first-order valence-electron chi connectivity index (χ1n) is 8.81. The summed E-state index contributed by atoms with van der Waals surface area (Å²) >= 11 is 0. The highest BCUT2D eigenvalue weighted by Crippen LogP contribution is 2.22. The van der Waals surface area contributed by atoms with Crippen LogP contribution in [0, 0.1) is 0 Å². The number of benzene rings is 3. The van der Waals surface area contributed by atoms with Gasteiger partial charge >= 0.3 is 0 Å². The number of carbonyl (C=O) groups is 1. The van der Waals surface area contributed by atoms with E-state index in [2.05, 4.69) is 15.3 Å². The van der Waals surface area contributed by atoms with Crippen LogP contribution in [0.5, 0.6) is 5.75 Å². The molecule has 27 heavy (non-hydrogen) atoms. The van der Waals surface area contributed by atoms with Gasteiger partial charge in [0.1, 0.15) is 11.6 Å². The summed E-state index contributed by atoms with van der Waals surface area (Å²) < 4.78 is 5.55. The minimum absolute atomic E-state index is 0.0811. The smallest absolute Gasteiger partial charge is 0.227 e. The molecular formula is C22H19N3O2. The Morgan fingerprint density at radius 3 is 2.44 bits per heavy atom. The molecule has 0 aliphatic carbocycles. The molecule has 0 radical (unpaired) electrons. The van der Waals surface area contributed by atoms with Gasteiger partial charge in [-0.3, -0.25) is 4.79 Å². The van der Waals surface area contributed by atoms with Gasteiger partial charge in [-0.1, -0.05) is 30.3 Å². The summed E-state index contributed by atoms with van der Waals surface area (Å²) in [6.45, 7) is 0.340. The molecule has 0 atom stereocenters. The maximum Gasteiger partial charge on any atom is 0.227 e. The Hall–Kier alpha value is -3.60. The van der Waals surface area contributed by atoms with Crippen molar-refractivity contribution in [2.75, 3.05) is 11.9 Å². The largest absolute Gasteiger partial charge is 0.493 e. The van der Waals surface area contributed by atoms with Crippen LogP contribution in [0.25, 0.3) is 22.4 Å². The molecule has 1 amide bonds. The van der Waals surface area contributed by atoms with Crippen molar-refractivity contribution in [1.29, 1.82) is 0 Å². The maximum absolute atomic E-state index is 12.1. The molecular weight excluding hydrogens is 338 g/mol. The Labute approximate surface area is 157 Å². The Bertz CT molecular complexity index is 1010. The number of H-pyrrole nitrogens is 1. The SMILES string of the molecule is O=C(CCOc1ccccc1)Nc1ccc(-c2nc3ccccc3[nH]2)cc1. The third-order valence-electron chi connectivity index (χ3n) is 4.17. The lowest BCUT2D eigenvalue weighted by atomic mass is 10.2. The molecule has 5 heteroatoms. The molecule has 0 aliphatic heterocycles. The molecule has 0 fully saturated rings. The molecule has 1 heterocycles. The molecule has 0 aliphatic rings. The van der Waals surface area contributed by atoms with Crippen LogP contribution < -0.4 is 10.1 Å². The summed E-state index contributed by atoms with van der Waals surface area (Å²) in [4.78, 5) is 19.9. The van der Waals surface area contributed by atoms with Crippen LogP contribution in [-0.2, 0) is 4.79 Å². The summed E-state index contributed by atoms with van der Waals surface area (Å²) in [7, 11) is 0. The topological polar surface area (TPSA) is 67.0 Å². The van der Waals surface area contributed by atoms with Gasteiger partial charge in [0, 0.05) is 11.3 Å². The van der Waals surface area contributed by atoms with Gasteiger partial charge in [0.25, 0.3) is 0 Å². The molecule has 134 valence electrons. The van der Waals surface area contributed by atoms with Gasteiger partial charge in [-0.15, -0.1) is 0 Å². The van der Waals surface area contributed by atoms with Crippen LogP contribution in [0.15, 0.2) is 78.9 Å². The van der Waals surface area contributed by atoms with Crippen molar-refractivity contribution in [2.45, 2.75) is 6.42 Å². The summed E-state index contributed by atoms with van der Waals surface area (Å²) in [6, 6.07) is 25.0. The molecule has 2 N–H and O–H groups in total. The second kappa shape index (κ2) is 7.74. The molecule has 0 saturated heterocycles. The number of amides is 1. The second-order valence-corrected chi connectivity index (χ2v) is 6.14. The van der Waals surface area contributed by atoms with Crippen LogP contribution in [0.4, 0.5) is 5.69 Å². The molecule has 3 aromatic carbocycles. The van der Waals surface area contributed by atoms with E-state index in [1.807, 2.05) is 78.9 Å². The zero-order valence-corrected chi connectivity index (χ0v) is 14.7. The lowest BCUT2D eigenvalue weighted by molar-refractivity contribution is -0.116. The predicted octanol–water partition coefficient (Wildman–Crippen LogP) is 4.64. The fourth-order valence-corrected chi connectivity index (χ4v) is 2.80. The van der Waals surface area contributed by atoms with Crippen LogP contribution in [0.2, 0.25) is 0 Å². The molecule has 4 rings (SSSR count). The minimum atomic E-state index is -0.0811. The quantitative estimate of drug-likeness (QED) is 0.528. The van der Waals surface area contributed by atoms with Gasteiger partial charge in [0.2, 0.25) is 5.91 Å². The zero-order chi connectivity index (χ0) is 18.5. The second-order valence-electron chi connectivity index (χ2n) is 6.14. The number of rotatable bonds is 6. The highest BCUT2D eigenvalue weighted by Gasteiger charge is 2.06. The van der Waals surface area contributed by atoms with E-state index < -0.39 is 0 Å². The summed E-state index contributed by atoms with van der Waals surface area (Å²) in [5.41, 5.74) is 3.66. The summed E-state index contributed by atoms with van der Waals surface area (Å²) in [5, 5.41) is 2.88. The number of fused-ring (bicyclic) bond motifs is 1. The van der Waals surface area contributed by atoms with Crippen molar-refractivity contribution < 1.29 is 9.53 Å². The fourth-order valence-electron chi connectivity index (χ4n) is 2.80. The number of carbonyl (C=O) groups excluding carboxylic acids is 1. The predicted molar refractivity (Wildman–Crippen MR) is 107 cm³/mol. The van der Waals surface area contributed by atoms with E-state index in [-0.39, 0.29) is 5.91 Å². The highest BCUT2D eigenvalue weighted by atomic mass is 16.5. The maximum atomic E-state index is 12.1. The number of nitrogens with one attached hydrogen (secondary N) is 2. The van der Waals surface area contributed by atoms with E-state index >= 15 is 0 Å². The van der Waals surface area contributed by atoms with Crippen LogP contribution in [-0.4, -0.2) is 22.5 Å². The van der Waals surface area contributed by atoms with Gasteiger partial charge in [0.15, 0.2) is 0 Å². The third-order valence-corrected chi connectivity index (χ3v) is 4.17. The average molecular weight is 357 g/mol. The van der Waals surface area contributed by atoms with Crippen molar-refractivity contribution in [1.82, 2.24) is 9.97 Å². The number of aromatic amines is 1. The minimum Gasteiger partial charge on any atom is -0.493 e. The molecule has 0 saturated carbocycles. The summed E-state index contributed by atoms with van der Waals surface area (Å²) in [5.74, 6) is 1.49. The average Bonchev–Trinajstić information content (AvgIpc) is 3.13. The van der Waals surface area contributed by atoms with Gasteiger partial charge in [-0.2, -0.15) is 0 Å². The molecule has 1 aromatic heterocycles. The summed E-state index contributed by atoms with van der Waals surface area (Å²) in [6.07, 6.45) is 0.292. The Kier molecular flexibility index (Phi) is 4.83. The first kappa shape index (κ1) is 16.8. The number of hydrogen-bond acceptors (Lipinski definition) is 3. The first-order chi connectivity index (χ1) is 13.3. The van der Waals surface area contributed by atoms with Gasteiger partial charge < -0.3 is 15.0 Å². The molecule has 4 aromatic rings. The Morgan fingerprint density at radius 2 is 1.67 bits per heavy atom. The lowest BCUT2D eigenvalue weighted by Crippen LogP contribution is -2.15. The molecule has 5 nitrogen and oxygen atoms in total. The molecule has 0 spiro atoms. The van der Waals surface area contributed by atoms with E-state index in [0.29, 0.717) is 13.0 Å². The lowest BCUT2D eigenvalue weighted by Gasteiger charge is -2.07. The van der Waals surface area contributed by atoms with Gasteiger partial charge in [0.05, 0.1) is 24.1 Å². The van der Waals surface area contributed by atoms with Crippen LogP contribution >= 0.6 is 0 Å². The van der Waals surface area contributed by atoms with Crippen molar-refractivity contribution in [3.05, 3.63) is 78.9 Å². The van der Waals surface area contributed by atoms with Crippen molar-refractivity contribution in [3.8, 4) is 17.1 Å². The van der Waals surface area contributed by atoms with Gasteiger partial charge in [-0.05, 0) is 48.5 Å². The van der Waals surface area contributed by atoms with E-state index in [4.69, 9.17) is 4.74 Å². The van der Waals surface area contributed by atoms with Crippen LogP contribution in [0.3, 0.4) is 0 Å². The first-order valence-corrected chi connectivity index (χ1v) is 8.81. The van der Waals surface area contributed by atoms with Crippen molar-refractivity contribution in [2.24, 2.45) is 0 Å². The van der Waals surface area contributed by atoms with E-state index in [1.165, 1.54) is 0 Å². The van der Waals surface area contributed by atoms with Crippen LogP contribution in [0.1, 0.15) is 6.42 Å². The number of anilines is 1. The standard InChI is InChI=1S/C22H19N3O2/c26-21(14-15-27-18-6-2-1-3-7-18)23-17-12-10-16(11-13-17)22-24-19-8-4-5-9-20(19)25-22/h1-13H,14-15H2,(H,23,26)(H,24,25). The van der Waals surface area contributed by atoms with E-state index in [0.717, 1.165) is 33.9 Å². The number of imidazole rings is 1. The normalized spacial score (nSPS) is 10.7. The Balaban J connectivity index is 1.34. The molecule has 0 bridgehead atoms. The Morgan fingerprint density at radius 1 is 0.926 bits per heavy atom. The highest BCUT2D eigenvalue weighted by molar-refractivity contribution is 5.91. The number of ether oxygens (including phenoxy) is 1. The number of aromatic nitrogens is 2. The monoisotopic (exact) mass is 357 g/mol. The van der Waals surface area contributed by atoms with E-state index in [9.17, 15) is 4.79 Å². The van der Waals surface area contributed by atoms with Crippen molar-refractivity contribution >= 4 is 22.6 Å². The number of para-hydroxylation sites is 3. The van der Waals surface area contributed by atoms with E-state index in [1.54, 1.807) is 0 Å². The molecule has 0 unspecified atom stereocenters. The number of hydrogen-bond donors (Lipinski definition) is 2. The number of nitrogens with zero attached hydrogens (tertiary/aromatic N) is 1. The zero-order valence-electron chi connectivity index (χ0n) is 14.7. The van der Waals surface area contributed by atoms with Crippen molar-refractivity contribution in [3.63, 3.8) is 0 Å². The van der Waals surface area contributed by atoms with Gasteiger partial charge in [-0.25, -0.2) is 4.98 Å². The third kappa shape index (κ3) is 4.15.